The minimum Gasteiger partial charge on any atom is -0.510 e. The topological polar surface area (TPSA) is 173 Å². The van der Waals surface area contributed by atoms with E-state index in [-0.39, 0.29) is 35.2 Å². The van der Waals surface area contributed by atoms with E-state index >= 15 is 4.39 Å². The summed E-state index contributed by atoms with van der Waals surface area (Å²) in [5.41, 5.74) is 0.981. The number of ketones is 2. The molecule has 0 bridgehead atoms. The molecule has 0 saturated carbocycles. The predicted molar refractivity (Wildman–Crippen MR) is 122 cm³/mol. The number of Topliss-reactive ketones (excluding diaryl/α,β-unsaturated/α-hetero) is 2. The highest BCUT2D eigenvalue weighted by Gasteiger charge is 2.63. The van der Waals surface area contributed by atoms with Gasteiger partial charge in [0.15, 0.2) is 11.4 Å². The van der Waals surface area contributed by atoms with Gasteiger partial charge in [-0.05, 0) is 39.3 Å². The number of aliphatic hydroxyl groups is 3. The average molecular weight is 490 g/mol. The Labute approximate surface area is 200 Å². The second kappa shape index (κ2) is 8.35. The lowest BCUT2D eigenvalue weighted by Crippen LogP contribution is -2.63. The first-order valence-electron chi connectivity index (χ1n) is 11.3. The Kier molecular flexibility index (Phi) is 5.89. The number of hydrogen-bond acceptors (Lipinski definition) is 9. The molecule has 3 aliphatic carbocycles. The van der Waals surface area contributed by atoms with Crippen molar-refractivity contribution in [3.63, 3.8) is 0 Å². The molecule has 7 N–H and O–H groups in total. The number of allylic oxidation sites excluding steroid dienone is 1. The average Bonchev–Trinajstić information content (AvgIpc) is 2.77. The fraction of sp³-hybridized carbons (Fsp3) is 0.458. The number of phenols is 1. The van der Waals surface area contributed by atoms with Crippen molar-refractivity contribution in [3.05, 3.63) is 45.7 Å². The minimum absolute atomic E-state index is 0.00710. The normalized spacial score (nSPS) is 28.1. The van der Waals surface area contributed by atoms with Crippen molar-refractivity contribution in [2.24, 2.45) is 17.6 Å². The second-order valence-corrected chi connectivity index (χ2v) is 9.50. The lowest BCUT2D eigenvalue weighted by Gasteiger charge is -2.50. The molecule has 0 aliphatic heterocycles. The number of anilines is 1. The highest BCUT2D eigenvalue weighted by Crippen LogP contribution is 2.53. The quantitative estimate of drug-likeness (QED) is 0.261. The number of carbonyl (C=O) groups excluding carboxylic acids is 3. The number of primary amides is 1. The molecule has 0 saturated heterocycles. The monoisotopic (exact) mass is 489 g/mol. The van der Waals surface area contributed by atoms with Gasteiger partial charge in [0, 0.05) is 29.7 Å². The van der Waals surface area contributed by atoms with Crippen LogP contribution in [0.25, 0.3) is 0 Å². The first-order chi connectivity index (χ1) is 16.4. The lowest BCUT2D eigenvalue weighted by molar-refractivity contribution is -0.148. The maximum absolute atomic E-state index is 15.1. The molecule has 0 radical (unpaired) electrons. The number of benzene rings is 1. The van der Waals surface area contributed by atoms with Crippen LogP contribution in [-0.2, 0) is 16.0 Å². The fourth-order valence-corrected chi connectivity index (χ4v) is 5.67. The molecule has 4 rings (SSSR count). The molecule has 0 aromatic heterocycles. The maximum atomic E-state index is 15.1. The van der Waals surface area contributed by atoms with Crippen LogP contribution in [0.1, 0.15) is 35.7 Å². The highest BCUT2D eigenvalue weighted by atomic mass is 19.1. The van der Waals surface area contributed by atoms with Crippen molar-refractivity contribution in [1.29, 1.82) is 0 Å². The van der Waals surface area contributed by atoms with Crippen LogP contribution in [-0.4, -0.2) is 75.1 Å². The molecule has 1 amide bonds. The van der Waals surface area contributed by atoms with Crippen LogP contribution in [0.2, 0.25) is 0 Å². The SMILES string of the molecule is CCCNc1cc(F)c2c(c1O)C(=O)C1=C(O)[C@]3(O)C(=O)C(C(N)=O)=C(O)[C@@H](N(C)C)[C@@H]3C[C@@H]1C2. The summed E-state index contributed by atoms with van der Waals surface area (Å²) in [7, 11) is 3.08. The molecule has 0 unspecified atom stereocenters. The first kappa shape index (κ1) is 24.7. The number of phenolic OH excluding ortho intramolecular Hbond substituents is 1. The summed E-state index contributed by atoms with van der Waals surface area (Å²) in [5, 5.41) is 47.1. The Bertz CT molecular complexity index is 1220. The molecule has 1 aromatic carbocycles. The molecule has 11 heteroatoms. The van der Waals surface area contributed by atoms with Crippen molar-refractivity contribution in [3.8, 4) is 5.75 Å². The van der Waals surface area contributed by atoms with E-state index in [1.54, 1.807) is 0 Å². The van der Waals surface area contributed by atoms with E-state index in [0.717, 1.165) is 6.07 Å². The van der Waals surface area contributed by atoms with E-state index in [9.17, 15) is 34.8 Å². The van der Waals surface area contributed by atoms with E-state index in [0.29, 0.717) is 13.0 Å². The van der Waals surface area contributed by atoms with Crippen molar-refractivity contribution >= 4 is 23.2 Å². The lowest BCUT2D eigenvalue weighted by atomic mass is 9.58. The van der Waals surface area contributed by atoms with Gasteiger partial charge in [0.2, 0.25) is 5.78 Å². The molecule has 1 aromatic rings. The summed E-state index contributed by atoms with van der Waals surface area (Å²) >= 11 is 0. The number of aliphatic hydroxyl groups excluding tert-OH is 2. The van der Waals surface area contributed by atoms with Gasteiger partial charge in [-0.2, -0.15) is 0 Å². The smallest absolute Gasteiger partial charge is 0.255 e. The summed E-state index contributed by atoms with van der Waals surface area (Å²) < 4.78 is 15.1. The van der Waals surface area contributed by atoms with Gasteiger partial charge in [-0.1, -0.05) is 6.92 Å². The minimum atomic E-state index is -2.73. The number of aromatic hydroxyl groups is 1. The van der Waals surface area contributed by atoms with Crippen LogP contribution in [0.4, 0.5) is 10.1 Å². The number of fused-ring (bicyclic) bond motifs is 3. The first-order valence-corrected chi connectivity index (χ1v) is 11.3. The number of nitrogens with zero attached hydrogens (tertiary/aromatic N) is 1. The molecule has 188 valence electrons. The van der Waals surface area contributed by atoms with Crippen molar-refractivity contribution in [2.45, 2.75) is 37.8 Å². The summed E-state index contributed by atoms with van der Waals surface area (Å²) in [4.78, 5) is 40.2. The number of likely N-dealkylation sites (N-methyl/N-ethyl adjacent to an activating group) is 1. The molecular weight excluding hydrogens is 461 g/mol. The molecule has 4 atom stereocenters. The molecule has 0 fully saturated rings. The second-order valence-electron chi connectivity index (χ2n) is 9.50. The van der Waals surface area contributed by atoms with Gasteiger partial charge in [-0.15, -0.1) is 0 Å². The third kappa shape index (κ3) is 3.33. The zero-order valence-corrected chi connectivity index (χ0v) is 19.6. The van der Waals surface area contributed by atoms with E-state index in [4.69, 9.17) is 5.73 Å². The summed E-state index contributed by atoms with van der Waals surface area (Å²) in [6, 6.07) is 0.00458. The van der Waals surface area contributed by atoms with Crippen molar-refractivity contribution in [1.82, 2.24) is 4.90 Å². The highest BCUT2D eigenvalue weighted by molar-refractivity contribution is 6.24. The van der Waals surface area contributed by atoms with Crippen LogP contribution in [0.15, 0.2) is 28.7 Å². The van der Waals surface area contributed by atoms with Gasteiger partial charge >= 0.3 is 0 Å². The van der Waals surface area contributed by atoms with E-state index in [2.05, 4.69) is 5.32 Å². The predicted octanol–water partition coefficient (Wildman–Crippen LogP) is 1.08. The summed E-state index contributed by atoms with van der Waals surface area (Å²) in [6.45, 7) is 2.27. The Hall–Kier alpha value is -3.44. The maximum Gasteiger partial charge on any atom is 0.255 e. The largest absolute Gasteiger partial charge is 0.510 e. The van der Waals surface area contributed by atoms with Gasteiger partial charge < -0.3 is 31.5 Å². The summed E-state index contributed by atoms with van der Waals surface area (Å²) in [6.07, 6.45) is 0.482. The molecule has 10 nitrogen and oxygen atoms in total. The van der Waals surface area contributed by atoms with Gasteiger partial charge in [-0.3, -0.25) is 19.3 Å². The molecule has 35 heavy (non-hydrogen) atoms. The van der Waals surface area contributed by atoms with Crippen molar-refractivity contribution < 1.29 is 39.2 Å². The van der Waals surface area contributed by atoms with E-state index in [1.807, 2.05) is 6.92 Å². The van der Waals surface area contributed by atoms with E-state index < -0.39 is 69.6 Å². The van der Waals surface area contributed by atoms with Gasteiger partial charge in [-0.25, -0.2) is 4.39 Å². The number of halogens is 1. The standard InChI is InChI=1S/C24H28FN3O7/c1-4-5-27-13-8-12(25)10-6-9-7-11-17(28(2)3)20(31)16(23(26)34)22(33)24(11,35)21(32)14(9)19(30)15(10)18(13)29/h8-9,11,17,27,29,31-32,35H,4-7H2,1-3H3,(H2,26,34)/t9-,11-,17-,24-/m0/s1. The molecule has 0 heterocycles. The fourth-order valence-electron chi connectivity index (χ4n) is 5.67. The molecule has 0 spiro atoms. The Morgan fingerprint density at radius 1 is 1.29 bits per heavy atom. The Morgan fingerprint density at radius 3 is 2.51 bits per heavy atom. The number of nitrogens with one attached hydrogen (secondary N) is 1. The van der Waals surface area contributed by atoms with Crippen LogP contribution in [0, 0.1) is 17.7 Å². The number of nitrogens with two attached hydrogens (primary N) is 1. The van der Waals surface area contributed by atoms with Gasteiger partial charge in [0.05, 0.1) is 17.3 Å². The zero-order valence-electron chi connectivity index (χ0n) is 19.6. The van der Waals surface area contributed by atoms with Gasteiger partial charge in [0.25, 0.3) is 5.91 Å². The number of rotatable bonds is 5. The van der Waals surface area contributed by atoms with E-state index in [1.165, 1.54) is 19.0 Å². The van der Waals surface area contributed by atoms with Crippen LogP contribution >= 0.6 is 0 Å². The summed E-state index contributed by atoms with van der Waals surface area (Å²) in [5.74, 6) is -8.36. The Morgan fingerprint density at radius 2 is 1.94 bits per heavy atom. The Balaban J connectivity index is 1.93. The van der Waals surface area contributed by atoms with Crippen LogP contribution < -0.4 is 11.1 Å². The number of hydrogen-bond donors (Lipinski definition) is 6. The number of carbonyl (C=O) groups is 3. The van der Waals surface area contributed by atoms with Crippen LogP contribution in [0.5, 0.6) is 5.75 Å². The number of amides is 1. The van der Waals surface area contributed by atoms with Gasteiger partial charge in [0.1, 0.15) is 28.7 Å². The molecule has 3 aliphatic rings. The molecular formula is C24H28FN3O7. The third-order valence-corrected chi connectivity index (χ3v) is 7.23. The zero-order chi connectivity index (χ0) is 26.0. The third-order valence-electron chi connectivity index (χ3n) is 7.23. The van der Waals surface area contributed by atoms with Crippen molar-refractivity contribution in [2.75, 3.05) is 26.0 Å². The van der Waals surface area contributed by atoms with Crippen LogP contribution in [0.3, 0.4) is 0 Å².